The molecule has 0 aliphatic carbocycles. The molecule has 19 heavy (non-hydrogen) atoms. The van der Waals surface area contributed by atoms with E-state index in [0.717, 1.165) is 23.5 Å². The molecule has 2 aromatic rings. The van der Waals surface area contributed by atoms with Crippen LogP contribution in [-0.4, -0.2) is 14.3 Å². The number of rotatable bonds is 4. The van der Waals surface area contributed by atoms with Gasteiger partial charge in [0.05, 0.1) is 0 Å². The first-order valence-corrected chi connectivity index (χ1v) is 7.46. The second kappa shape index (κ2) is 5.47. The highest BCUT2D eigenvalue weighted by Gasteiger charge is 2.16. The van der Waals surface area contributed by atoms with E-state index in [1.54, 1.807) is 11.4 Å². The molecular weight excluding hydrogens is 291 g/mol. The van der Waals surface area contributed by atoms with Crippen molar-refractivity contribution in [1.82, 2.24) is 10.3 Å². The number of benzene rings is 1. The largest absolute Gasteiger partial charge is 0.273 e. The molecule has 1 amide bonds. The molecule has 0 unspecified atom stereocenters. The SMILES string of the molecule is O=C(NNS(=O)(=O)c1cccs1)c1ccc(F)cc1. The maximum absolute atomic E-state index is 12.7. The lowest BCUT2D eigenvalue weighted by Crippen LogP contribution is -2.41. The lowest BCUT2D eigenvalue weighted by Gasteiger charge is -2.06. The quantitative estimate of drug-likeness (QED) is 0.840. The van der Waals surface area contributed by atoms with Gasteiger partial charge in [0.2, 0.25) is 0 Å². The third kappa shape index (κ3) is 3.37. The van der Waals surface area contributed by atoms with Crippen LogP contribution in [0.4, 0.5) is 4.39 Å². The molecule has 0 aliphatic heterocycles. The lowest BCUT2D eigenvalue weighted by atomic mass is 10.2. The summed E-state index contributed by atoms with van der Waals surface area (Å²) in [6, 6.07) is 7.73. The summed E-state index contributed by atoms with van der Waals surface area (Å²) in [6.07, 6.45) is 0. The first kappa shape index (κ1) is 13.7. The van der Waals surface area contributed by atoms with Gasteiger partial charge in [-0.05, 0) is 35.7 Å². The summed E-state index contributed by atoms with van der Waals surface area (Å²) in [5, 5.41) is 1.61. The first-order chi connectivity index (χ1) is 8.99. The Hall–Kier alpha value is -1.77. The van der Waals surface area contributed by atoms with E-state index in [0.29, 0.717) is 0 Å². The van der Waals surface area contributed by atoms with Crippen LogP contribution in [0.25, 0.3) is 0 Å². The number of sulfonamides is 1. The number of amides is 1. The van der Waals surface area contributed by atoms with Crippen molar-refractivity contribution in [2.45, 2.75) is 4.21 Å². The molecule has 2 rings (SSSR count). The molecule has 0 atom stereocenters. The number of thiophene rings is 1. The highest BCUT2D eigenvalue weighted by Crippen LogP contribution is 2.14. The van der Waals surface area contributed by atoms with Crippen molar-refractivity contribution in [2.24, 2.45) is 0 Å². The van der Waals surface area contributed by atoms with Crippen LogP contribution in [0.1, 0.15) is 10.4 Å². The van der Waals surface area contributed by atoms with Gasteiger partial charge < -0.3 is 0 Å². The van der Waals surface area contributed by atoms with Crippen molar-refractivity contribution >= 4 is 27.3 Å². The smallest absolute Gasteiger partial charge is 0.266 e. The van der Waals surface area contributed by atoms with E-state index in [-0.39, 0.29) is 9.77 Å². The molecule has 5 nitrogen and oxygen atoms in total. The summed E-state index contributed by atoms with van der Waals surface area (Å²) < 4.78 is 36.2. The van der Waals surface area contributed by atoms with E-state index in [4.69, 9.17) is 0 Å². The van der Waals surface area contributed by atoms with Gasteiger partial charge in [0.15, 0.2) is 0 Å². The van der Waals surface area contributed by atoms with Crippen molar-refractivity contribution < 1.29 is 17.6 Å². The number of carbonyl (C=O) groups is 1. The average Bonchev–Trinajstić information content (AvgIpc) is 2.91. The van der Waals surface area contributed by atoms with Crippen LogP contribution in [0.15, 0.2) is 46.0 Å². The Morgan fingerprint density at radius 3 is 2.42 bits per heavy atom. The van der Waals surface area contributed by atoms with Crippen molar-refractivity contribution in [1.29, 1.82) is 0 Å². The van der Waals surface area contributed by atoms with Gasteiger partial charge in [0.25, 0.3) is 15.9 Å². The van der Waals surface area contributed by atoms with Gasteiger partial charge in [-0.2, -0.15) is 0 Å². The Kier molecular flexibility index (Phi) is 3.93. The van der Waals surface area contributed by atoms with Gasteiger partial charge in [0, 0.05) is 5.56 Å². The number of carbonyl (C=O) groups excluding carboxylic acids is 1. The highest BCUT2D eigenvalue weighted by molar-refractivity contribution is 7.91. The van der Waals surface area contributed by atoms with E-state index < -0.39 is 21.7 Å². The van der Waals surface area contributed by atoms with Crippen LogP contribution in [0.2, 0.25) is 0 Å². The summed E-state index contributed by atoms with van der Waals surface area (Å²) in [5.41, 5.74) is 2.20. The first-order valence-electron chi connectivity index (χ1n) is 5.10. The molecule has 0 fully saturated rings. The number of hydrazine groups is 1. The summed E-state index contributed by atoms with van der Waals surface area (Å²) >= 11 is 1.03. The summed E-state index contributed by atoms with van der Waals surface area (Å²) in [5.74, 6) is -1.14. The molecule has 1 aromatic heterocycles. The van der Waals surface area contributed by atoms with Gasteiger partial charge in [-0.15, -0.1) is 16.2 Å². The topological polar surface area (TPSA) is 75.3 Å². The van der Waals surface area contributed by atoms with Crippen molar-refractivity contribution in [3.8, 4) is 0 Å². The van der Waals surface area contributed by atoms with E-state index in [2.05, 4.69) is 5.43 Å². The fourth-order valence-corrected chi connectivity index (χ4v) is 3.09. The Bertz CT molecular complexity index is 666. The minimum Gasteiger partial charge on any atom is -0.273 e. The van der Waals surface area contributed by atoms with Crippen molar-refractivity contribution in [3.63, 3.8) is 0 Å². The molecule has 8 heteroatoms. The third-order valence-electron chi connectivity index (χ3n) is 2.17. The summed E-state index contributed by atoms with van der Waals surface area (Å²) in [4.78, 5) is 13.6. The molecule has 1 aromatic carbocycles. The minimum absolute atomic E-state index is 0.0897. The average molecular weight is 300 g/mol. The number of nitrogens with one attached hydrogen (secondary N) is 2. The molecule has 2 N–H and O–H groups in total. The number of hydrogen-bond acceptors (Lipinski definition) is 4. The molecule has 0 saturated heterocycles. The van der Waals surface area contributed by atoms with Crippen LogP contribution >= 0.6 is 11.3 Å². The second-order valence-corrected chi connectivity index (χ2v) is 6.36. The van der Waals surface area contributed by atoms with Gasteiger partial charge >= 0.3 is 0 Å². The summed E-state index contributed by atoms with van der Waals surface area (Å²) in [7, 11) is -3.77. The molecule has 0 spiro atoms. The summed E-state index contributed by atoms with van der Waals surface area (Å²) in [6.45, 7) is 0. The second-order valence-electron chi connectivity index (χ2n) is 3.50. The van der Waals surface area contributed by atoms with E-state index in [1.165, 1.54) is 18.2 Å². The van der Waals surface area contributed by atoms with Crippen LogP contribution in [0, 0.1) is 5.82 Å². The zero-order chi connectivity index (χ0) is 13.9. The molecular formula is C11H9FN2O3S2. The predicted molar refractivity (Wildman–Crippen MR) is 68.5 cm³/mol. The molecule has 0 aliphatic rings. The van der Waals surface area contributed by atoms with E-state index in [1.807, 2.05) is 4.83 Å². The van der Waals surface area contributed by atoms with Crippen LogP contribution < -0.4 is 10.3 Å². The zero-order valence-corrected chi connectivity index (χ0v) is 11.1. The van der Waals surface area contributed by atoms with Crippen LogP contribution in [-0.2, 0) is 10.0 Å². The van der Waals surface area contributed by atoms with E-state index >= 15 is 0 Å². The van der Waals surface area contributed by atoms with Gasteiger partial charge in [-0.25, -0.2) is 12.8 Å². The fourth-order valence-electron chi connectivity index (χ4n) is 1.25. The maximum atomic E-state index is 12.7. The van der Waals surface area contributed by atoms with Crippen LogP contribution in [0.5, 0.6) is 0 Å². The third-order valence-corrected chi connectivity index (χ3v) is 4.81. The standard InChI is InChI=1S/C11H9FN2O3S2/c12-9-5-3-8(4-6-9)11(15)13-14-19(16,17)10-2-1-7-18-10/h1-7,14H,(H,13,15). The molecule has 0 radical (unpaired) electrons. The number of hydrogen-bond donors (Lipinski definition) is 2. The molecule has 1 heterocycles. The van der Waals surface area contributed by atoms with Gasteiger partial charge in [-0.3, -0.25) is 10.2 Å². The Labute approximate surface area is 113 Å². The van der Waals surface area contributed by atoms with Crippen LogP contribution in [0.3, 0.4) is 0 Å². The number of halogens is 1. The van der Waals surface area contributed by atoms with Gasteiger partial charge in [-0.1, -0.05) is 6.07 Å². The molecule has 0 bridgehead atoms. The Morgan fingerprint density at radius 1 is 1.16 bits per heavy atom. The zero-order valence-electron chi connectivity index (χ0n) is 9.46. The minimum atomic E-state index is -3.77. The van der Waals surface area contributed by atoms with Crippen molar-refractivity contribution in [2.75, 3.05) is 0 Å². The lowest BCUT2D eigenvalue weighted by molar-refractivity contribution is 0.0945. The molecule has 0 saturated carbocycles. The Morgan fingerprint density at radius 2 is 1.84 bits per heavy atom. The normalized spacial score (nSPS) is 11.2. The fraction of sp³-hybridized carbons (Fsp3) is 0. The van der Waals surface area contributed by atoms with Gasteiger partial charge in [0.1, 0.15) is 10.0 Å². The van der Waals surface area contributed by atoms with E-state index in [9.17, 15) is 17.6 Å². The monoisotopic (exact) mass is 300 g/mol. The predicted octanol–water partition coefficient (Wildman–Crippen LogP) is 1.51. The van der Waals surface area contributed by atoms with Crippen molar-refractivity contribution in [3.05, 3.63) is 53.2 Å². The maximum Gasteiger partial charge on any atom is 0.266 e. The highest BCUT2D eigenvalue weighted by atomic mass is 32.2. The molecule has 100 valence electrons. The Balaban J connectivity index is 2.03.